The molecule has 0 radical (unpaired) electrons. The van der Waals surface area contributed by atoms with E-state index in [0.29, 0.717) is 0 Å². The van der Waals surface area contributed by atoms with E-state index in [0.717, 1.165) is 23.9 Å². The summed E-state index contributed by atoms with van der Waals surface area (Å²) in [6, 6.07) is 5.89. The fraction of sp³-hybridized carbons (Fsp3) is 0.600. The van der Waals surface area contributed by atoms with Gasteiger partial charge in [0, 0.05) is 17.8 Å². The van der Waals surface area contributed by atoms with Crippen molar-refractivity contribution in [2.24, 2.45) is 5.92 Å². The van der Waals surface area contributed by atoms with Gasteiger partial charge in [-0.05, 0) is 56.5 Å². The molecule has 0 bridgehead atoms. The standard InChI is InChI=1S/C15H24N2O/c1-12-4-3-8-17(9-7-12)11-13-10-14(16)5-6-15(13)18-2/h5-6,10,12H,3-4,7-9,11,16H2,1-2H3. The molecule has 0 aromatic heterocycles. The second kappa shape index (κ2) is 6.10. The average Bonchev–Trinajstić information content (AvgIpc) is 2.55. The fourth-order valence-electron chi connectivity index (χ4n) is 2.64. The number of nitrogens with two attached hydrogens (primary N) is 1. The minimum absolute atomic E-state index is 0.814. The number of nitrogen functional groups attached to an aromatic ring is 1. The fourth-order valence-corrected chi connectivity index (χ4v) is 2.64. The molecule has 1 heterocycles. The summed E-state index contributed by atoms with van der Waals surface area (Å²) in [5.41, 5.74) is 7.88. The zero-order valence-corrected chi connectivity index (χ0v) is 11.5. The molecule has 2 N–H and O–H groups in total. The second-order valence-electron chi connectivity index (χ2n) is 5.38. The van der Waals surface area contributed by atoms with Crippen molar-refractivity contribution in [2.75, 3.05) is 25.9 Å². The summed E-state index contributed by atoms with van der Waals surface area (Å²) in [5.74, 6) is 1.80. The molecule has 1 fully saturated rings. The Balaban J connectivity index is 2.05. The van der Waals surface area contributed by atoms with E-state index in [1.807, 2.05) is 18.2 Å². The van der Waals surface area contributed by atoms with Crippen LogP contribution in [0, 0.1) is 5.92 Å². The first-order chi connectivity index (χ1) is 8.69. The van der Waals surface area contributed by atoms with Crippen LogP contribution in [-0.4, -0.2) is 25.1 Å². The van der Waals surface area contributed by atoms with E-state index in [1.54, 1.807) is 7.11 Å². The Morgan fingerprint density at radius 2 is 2.17 bits per heavy atom. The van der Waals surface area contributed by atoms with Crippen LogP contribution in [-0.2, 0) is 6.54 Å². The summed E-state index contributed by atoms with van der Waals surface area (Å²) < 4.78 is 5.41. The van der Waals surface area contributed by atoms with Crippen LogP contribution < -0.4 is 10.5 Å². The van der Waals surface area contributed by atoms with Crippen LogP contribution in [0.4, 0.5) is 5.69 Å². The molecule has 3 heteroatoms. The van der Waals surface area contributed by atoms with Gasteiger partial charge in [-0.1, -0.05) is 6.92 Å². The van der Waals surface area contributed by atoms with Crippen molar-refractivity contribution in [1.82, 2.24) is 4.90 Å². The van der Waals surface area contributed by atoms with E-state index in [2.05, 4.69) is 11.8 Å². The Morgan fingerprint density at radius 1 is 1.33 bits per heavy atom. The maximum Gasteiger partial charge on any atom is 0.123 e. The van der Waals surface area contributed by atoms with Gasteiger partial charge in [0.1, 0.15) is 5.75 Å². The predicted octanol–water partition coefficient (Wildman–Crippen LogP) is 2.90. The number of ether oxygens (including phenoxy) is 1. The Bertz CT molecular complexity index is 392. The van der Waals surface area contributed by atoms with E-state index in [-0.39, 0.29) is 0 Å². The first-order valence-corrected chi connectivity index (χ1v) is 6.84. The molecule has 1 aliphatic heterocycles. The smallest absolute Gasteiger partial charge is 0.123 e. The zero-order chi connectivity index (χ0) is 13.0. The normalized spacial score (nSPS) is 21.6. The lowest BCUT2D eigenvalue weighted by Gasteiger charge is -2.21. The lowest BCUT2D eigenvalue weighted by molar-refractivity contribution is 0.268. The molecule has 0 saturated carbocycles. The first kappa shape index (κ1) is 13.2. The van der Waals surface area contributed by atoms with Crippen LogP contribution in [0.15, 0.2) is 18.2 Å². The number of benzene rings is 1. The molecule has 1 aromatic carbocycles. The predicted molar refractivity (Wildman–Crippen MR) is 75.7 cm³/mol. The highest BCUT2D eigenvalue weighted by molar-refractivity contribution is 5.47. The molecule has 0 spiro atoms. The molecule has 0 aliphatic carbocycles. The SMILES string of the molecule is COc1ccc(N)cc1CN1CCCC(C)CC1. The Morgan fingerprint density at radius 3 is 2.94 bits per heavy atom. The summed E-state index contributed by atoms with van der Waals surface area (Å²) >= 11 is 0. The van der Waals surface area contributed by atoms with Gasteiger partial charge in [0.25, 0.3) is 0 Å². The van der Waals surface area contributed by atoms with Crippen LogP contribution in [0.3, 0.4) is 0 Å². The van der Waals surface area contributed by atoms with E-state index < -0.39 is 0 Å². The largest absolute Gasteiger partial charge is 0.496 e. The zero-order valence-electron chi connectivity index (χ0n) is 11.5. The monoisotopic (exact) mass is 248 g/mol. The highest BCUT2D eigenvalue weighted by atomic mass is 16.5. The van der Waals surface area contributed by atoms with Crippen molar-refractivity contribution in [3.8, 4) is 5.75 Å². The first-order valence-electron chi connectivity index (χ1n) is 6.84. The number of hydrogen-bond acceptors (Lipinski definition) is 3. The summed E-state index contributed by atoms with van der Waals surface area (Å²) in [4.78, 5) is 2.51. The van der Waals surface area contributed by atoms with Gasteiger partial charge in [-0.3, -0.25) is 4.90 Å². The highest BCUT2D eigenvalue weighted by Crippen LogP contribution is 2.24. The number of hydrogen-bond donors (Lipinski definition) is 1. The molecule has 0 amide bonds. The quantitative estimate of drug-likeness (QED) is 0.836. The Labute approximate surface area is 110 Å². The van der Waals surface area contributed by atoms with E-state index in [9.17, 15) is 0 Å². The number of nitrogens with zero attached hydrogens (tertiary/aromatic N) is 1. The van der Waals surface area contributed by atoms with Gasteiger partial charge in [-0.15, -0.1) is 0 Å². The molecule has 100 valence electrons. The number of likely N-dealkylation sites (tertiary alicyclic amines) is 1. The van der Waals surface area contributed by atoms with Crippen LogP contribution in [0.25, 0.3) is 0 Å². The topological polar surface area (TPSA) is 38.5 Å². The van der Waals surface area contributed by atoms with Gasteiger partial charge >= 0.3 is 0 Å². The minimum atomic E-state index is 0.814. The molecule has 1 aliphatic rings. The Kier molecular flexibility index (Phi) is 4.48. The molecular weight excluding hydrogens is 224 g/mol. The van der Waals surface area contributed by atoms with Crippen molar-refractivity contribution in [1.29, 1.82) is 0 Å². The van der Waals surface area contributed by atoms with Crippen molar-refractivity contribution in [3.05, 3.63) is 23.8 Å². The third kappa shape index (κ3) is 3.39. The summed E-state index contributed by atoms with van der Waals surface area (Å²) in [7, 11) is 1.72. The van der Waals surface area contributed by atoms with E-state index in [1.165, 1.54) is 37.9 Å². The van der Waals surface area contributed by atoms with Crippen molar-refractivity contribution in [2.45, 2.75) is 32.7 Å². The lowest BCUT2D eigenvalue weighted by Crippen LogP contribution is -2.24. The molecule has 3 nitrogen and oxygen atoms in total. The molecule has 1 saturated heterocycles. The van der Waals surface area contributed by atoms with Gasteiger partial charge in [0.2, 0.25) is 0 Å². The van der Waals surface area contributed by atoms with Crippen LogP contribution in [0.1, 0.15) is 31.7 Å². The maximum absolute atomic E-state index is 5.87. The molecule has 18 heavy (non-hydrogen) atoms. The maximum atomic E-state index is 5.87. The molecule has 2 rings (SSSR count). The van der Waals surface area contributed by atoms with Gasteiger partial charge in [-0.25, -0.2) is 0 Å². The van der Waals surface area contributed by atoms with Crippen molar-refractivity contribution < 1.29 is 4.74 Å². The molecular formula is C15H24N2O. The molecule has 1 aromatic rings. The second-order valence-corrected chi connectivity index (χ2v) is 5.38. The van der Waals surface area contributed by atoms with E-state index in [4.69, 9.17) is 10.5 Å². The van der Waals surface area contributed by atoms with Gasteiger partial charge < -0.3 is 10.5 Å². The minimum Gasteiger partial charge on any atom is -0.496 e. The van der Waals surface area contributed by atoms with Crippen LogP contribution in [0.5, 0.6) is 5.75 Å². The third-order valence-electron chi connectivity index (χ3n) is 3.81. The summed E-state index contributed by atoms with van der Waals surface area (Å²) in [6.07, 6.45) is 3.95. The Hall–Kier alpha value is -1.22. The van der Waals surface area contributed by atoms with Gasteiger partial charge in [0.05, 0.1) is 7.11 Å². The van der Waals surface area contributed by atoms with Crippen LogP contribution >= 0.6 is 0 Å². The average molecular weight is 248 g/mol. The number of rotatable bonds is 3. The van der Waals surface area contributed by atoms with Crippen LogP contribution in [0.2, 0.25) is 0 Å². The highest BCUT2D eigenvalue weighted by Gasteiger charge is 2.15. The molecule has 1 atom stereocenters. The van der Waals surface area contributed by atoms with Gasteiger partial charge in [-0.2, -0.15) is 0 Å². The number of methoxy groups -OCH3 is 1. The number of anilines is 1. The summed E-state index contributed by atoms with van der Waals surface area (Å²) in [5, 5.41) is 0. The lowest BCUT2D eigenvalue weighted by atomic mass is 10.0. The van der Waals surface area contributed by atoms with Gasteiger partial charge in [0.15, 0.2) is 0 Å². The summed E-state index contributed by atoms with van der Waals surface area (Å²) in [6.45, 7) is 5.66. The van der Waals surface area contributed by atoms with E-state index >= 15 is 0 Å². The van der Waals surface area contributed by atoms with Crippen molar-refractivity contribution in [3.63, 3.8) is 0 Å². The van der Waals surface area contributed by atoms with Crippen molar-refractivity contribution >= 4 is 5.69 Å². The molecule has 1 unspecified atom stereocenters. The third-order valence-corrected chi connectivity index (χ3v) is 3.81.